The number of H-pyrrole nitrogens is 1. The molecule has 0 aliphatic carbocycles. The first-order chi connectivity index (χ1) is 12.5. The van der Waals surface area contributed by atoms with Gasteiger partial charge in [0.2, 0.25) is 5.91 Å². The Morgan fingerprint density at radius 3 is 2.85 bits per heavy atom. The van der Waals surface area contributed by atoms with Crippen molar-refractivity contribution in [2.75, 3.05) is 26.2 Å². The fourth-order valence-corrected chi connectivity index (χ4v) is 4.69. The number of nitrogens with zero attached hydrogens (tertiary/aromatic N) is 3. The molecule has 6 nitrogen and oxygen atoms in total. The number of rotatable bonds is 7. The van der Waals surface area contributed by atoms with Gasteiger partial charge in [-0.3, -0.25) is 14.5 Å². The lowest BCUT2D eigenvalue weighted by molar-refractivity contribution is -0.121. The van der Waals surface area contributed by atoms with Crippen LogP contribution in [0.5, 0.6) is 0 Å². The van der Waals surface area contributed by atoms with Gasteiger partial charge in [0.15, 0.2) is 10.6 Å². The molecule has 0 saturated carbocycles. The number of nitrogens with one attached hydrogen (secondary N) is 2. The first kappa shape index (κ1) is 19.3. The number of aromatic amines is 1. The Hall–Kier alpha value is -1.51. The topological polar surface area (TPSA) is 66.0 Å². The number of piperidine rings is 1. The van der Waals surface area contributed by atoms with Crippen LogP contribution in [0.2, 0.25) is 0 Å². The lowest BCUT2D eigenvalue weighted by atomic mass is 9.92. The van der Waals surface area contributed by atoms with Gasteiger partial charge in [-0.05, 0) is 41.9 Å². The summed E-state index contributed by atoms with van der Waals surface area (Å²) in [4.78, 5) is 15.7. The van der Waals surface area contributed by atoms with Crippen molar-refractivity contribution in [3.63, 3.8) is 0 Å². The molecule has 3 heterocycles. The monoisotopic (exact) mass is 393 g/mol. The lowest BCUT2D eigenvalue weighted by Crippen LogP contribution is -2.42. The molecule has 1 amide bonds. The largest absolute Gasteiger partial charge is 0.355 e. The van der Waals surface area contributed by atoms with Gasteiger partial charge < -0.3 is 10.2 Å². The van der Waals surface area contributed by atoms with E-state index in [1.807, 2.05) is 22.1 Å². The molecule has 0 bridgehead atoms. The summed E-state index contributed by atoms with van der Waals surface area (Å²) in [7, 11) is 0. The zero-order chi connectivity index (χ0) is 18.5. The minimum absolute atomic E-state index is 0.0586. The van der Waals surface area contributed by atoms with Crippen molar-refractivity contribution in [2.45, 2.75) is 33.2 Å². The first-order valence-electron chi connectivity index (χ1n) is 9.21. The molecule has 142 valence electrons. The molecule has 2 aromatic heterocycles. The van der Waals surface area contributed by atoms with E-state index in [0.29, 0.717) is 24.3 Å². The number of carbonyl (C=O) groups is 1. The number of amides is 1. The average molecular weight is 394 g/mol. The third-order valence-corrected chi connectivity index (χ3v) is 5.93. The molecule has 1 aliphatic rings. The second kappa shape index (κ2) is 8.92. The summed E-state index contributed by atoms with van der Waals surface area (Å²) in [6.07, 6.45) is 1.71. The smallest absolute Gasteiger partial charge is 0.221 e. The standard InChI is InChI=1S/C18H27N5OS2/c1-13-10-14(2)12-22(11-13)8-6-19-16(24)5-7-23-17(20-21-18(23)25)15-4-3-9-26-15/h3-4,9,13-14H,5-8,10-12H2,1-2H3,(H,19,24)(H,21,25). The fraction of sp³-hybridized carbons (Fsp3) is 0.611. The third kappa shape index (κ3) is 5.02. The maximum absolute atomic E-state index is 12.2. The van der Waals surface area contributed by atoms with Crippen LogP contribution in [0.25, 0.3) is 10.7 Å². The first-order valence-corrected chi connectivity index (χ1v) is 10.5. The molecule has 0 spiro atoms. The second-order valence-corrected chi connectivity index (χ2v) is 8.62. The highest BCUT2D eigenvalue weighted by atomic mass is 32.1. The summed E-state index contributed by atoms with van der Waals surface area (Å²) in [6.45, 7) is 9.04. The van der Waals surface area contributed by atoms with Crippen molar-refractivity contribution in [1.29, 1.82) is 0 Å². The van der Waals surface area contributed by atoms with E-state index in [2.05, 4.69) is 34.3 Å². The quantitative estimate of drug-likeness (QED) is 0.709. The van der Waals surface area contributed by atoms with Crippen molar-refractivity contribution in [3.05, 3.63) is 22.3 Å². The van der Waals surface area contributed by atoms with Crippen LogP contribution in [0.3, 0.4) is 0 Å². The van der Waals surface area contributed by atoms with Gasteiger partial charge in [0.05, 0.1) is 4.88 Å². The highest BCUT2D eigenvalue weighted by Crippen LogP contribution is 2.23. The number of thiophene rings is 1. The molecule has 1 aliphatic heterocycles. The van der Waals surface area contributed by atoms with Crippen LogP contribution in [0.1, 0.15) is 26.7 Å². The van der Waals surface area contributed by atoms with E-state index >= 15 is 0 Å². The van der Waals surface area contributed by atoms with Gasteiger partial charge >= 0.3 is 0 Å². The molecular formula is C18H27N5OS2. The third-order valence-electron chi connectivity index (χ3n) is 4.76. The van der Waals surface area contributed by atoms with Crippen LogP contribution >= 0.6 is 23.6 Å². The molecule has 2 aromatic rings. The Bertz CT molecular complexity index is 757. The van der Waals surface area contributed by atoms with Gasteiger partial charge in [-0.25, -0.2) is 0 Å². The molecule has 0 radical (unpaired) electrons. The van der Waals surface area contributed by atoms with Crippen LogP contribution in [0.4, 0.5) is 0 Å². The Labute approximate surface area is 163 Å². The SMILES string of the molecule is CC1CC(C)CN(CCNC(=O)CCn2c(-c3cccs3)n[nH]c2=S)C1. The van der Waals surface area contributed by atoms with E-state index in [1.54, 1.807) is 11.3 Å². The van der Waals surface area contributed by atoms with Crippen LogP contribution in [0, 0.1) is 16.6 Å². The number of aromatic nitrogens is 3. The summed E-state index contributed by atoms with van der Waals surface area (Å²) in [5, 5.41) is 12.2. The summed E-state index contributed by atoms with van der Waals surface area (Å²) < 4.78 is 2.45. The molecule has 1 fully saturated rings. The number of carbonyl (C=O) groups excluding carboxylic acids is 1. The normalized spacial score (nSPS) is 21.0. The minimum atomic E-state index is 0.0586. The Morgan fingerprint density at radius 2 is 2.15 bits per heavy atom. The van der Waals surface area contributed by atoms with Gasteiger partial charge in [0.25, 0.3) is 0 Å². The molecular weight excluding hydrogens is 366 g/mol. The van der Waals surface area contributed by atoms with Crippen molar-refractivity contribution >= 4 is 29.5 Å². The molecule has 0 aromatic carbocycles. The van der Waals surface area contributed by atoms with Gasteiger partial charge in [-0.15, -0.1) is 11.3 Å². The number of hydrogen-bond donors (Lipinski definition) is 2. The maximum atomic E-state index is 12.2. The zero-order valence-corrected chi connectivity index (χ0v) is 17.0. The van der Waals surface area contributed by atoms with Crippen molar-refractivity contribution < 1.29 is 4.79 Å². The maximum Gasteiger partial charge on any atom is 0.221 e. The Morgan fingerprint density at radius 1 is 1.38 bits per heavy atom. The second-order valence-electron chi connectivity index (χ2n) is 7.29. The van der Waals surface area contributed by atoms with Gasteiger partial charge in [-0.1, -0.05) is 19.9 Å². The van der Waals surface area contributed by atoms with E-state index in [9.17, 15) is 4.79 Å². The zero-order valence-electron chi connectivity index (χ0n) is 15.4. The Kier molecular flexibility index (Phi) is 6.61. The number of likely N-dealkylation sites (tertiary alicyclic amines) is 1. The highest BCUT2D eigenvalue weighted by molar-refractivity contribution is 7.71. The van der Waals surface area contributed by atoms with Crippen LogP contribution in [0.15, 0.2) is 17.5 Å². The molecule has 2 N–H and O–H groups in total. The predicted octanol–water partition coefficient (Wildman–Crippen LogP) is 3.15. The van der Waals surface area contributed by atoms with Gasteiger partial charge in [0.1, 0.15) is 0 Å². The van der Waals surface area contributed by atoms with Crippen molar-refractivity contribution in [2.24, 2.45) is 11.8 Å². The lowest BCUT2D eigenvalue weighted by Gasteiger charge is -2.34. The Balaban J connectivity index is 1.45. The molecule has 1 saturated heterocycles. The summed E-state index contributed by atoms with van der Waals surface area (Å²) in [5.74, 6) is 2.35. The molecule has 8 heteroatoms. The fourth-order valence-electron chi connectivity index (χ4n) is 3.75. The van der Waals surface area contributed by atoms with Gasteiger partial charge in [0, 0.05) is 39.1 Å². The van der Waals surface area contributed by atoms with E-state index in [1.165, 1.54) is 6.42 Å². The highest BCUT2D eigenvalue weighted by Gasteiger charge is 2.21. The minimum Gasteiger partial charge on any atom is -0.355 e. The van der Waals surface area contributed by atoms with Crippen LogP contribution in [-0.4, -0.2) is 51.8 Å². The van der Waals surface area contributed by atoms with Crippen molar-refractivity contribution in [3.8, 4) is 10.7 Å². The van der Waals surface area contributed by atoms with Crippen molar-refractivity contribution in [1.82, 2.24) is 25.0 Å². The van der Waals surface area contributed by atoms with Gasteiger partial charge in [-0.2, -0.15) is 5.10 Å². The van der Waals surface area contributed by atoms with E-state index in [4.69, 9.17) is 12.2 Å². The summed E-state index contributed by atoms with van der Waals surface area (Å²) in [6, 6.07) is 3.99. The molecule has 3 rings (SSSR count). The van der Waals surface area contributed by atoms with E-state index in [-0.39, 0.29) is 5.91 Å². The molecule has 26 heavy (non-hydrogen) atoms. The van der Waals surface area contributed by atoms with E-state index in [0.717, 1.165) is 42.2 Å². The van der Waals surface area contributed by atoms with E-state index < -0.39 is 0 Å². The molecule has 2 atom stereocenters. The number of hydrogen-bond acceptors (Lipinski definition) is 5. The average Bonchev–Trinajstić information content (AvgIpc) is 3.21. The summed E-state index contributed by atoms with van der Waals surface area (Å²) in [5.41, 5.74) is 0. The van der Waals surface area contributed by atoms with Crippen LogP contribution < -0.4 is 5.32 Å². The van der Waals surface area contributed by atoms with Crippen LogP contribution in [-0.2, 0) is 11.3 Å². The predicted molar refractivity (Wildman–Crippen MR) is 108 cm³/mol. The summed E-state index contributed by atoms with van der Waals surface area (Å²) >= 11 is 6.92. The molecule has 2 unspecified atom stereocenters.